The number of thioether (sulfide) groups is 1. The first kappa shape index (κ1) is 14.8. The fraction of sp³-hybridized carbons (Fsp3) is 0.538. The fourth-order valence-corrected chi connectivity index (χ4v) is 3.14. The van der Waals surface area contributed by atoms with Crippen LogP contribution >= 0.6 is 11.8 Å². The number of hydrogen-bond donors (Lipinski definition) is 4. The van der Waals surface area contributed by atoms with Gasteiger partial charge in [-0.25, -0.2) is 0 Å². The van der Waals surface area contributed by atoms with Gasteiger partial charge in [-0.15, -0.1) is 0 Å². The summed E-state index contributed by atoms with van der Waals surface area (Å²) >= 11 is 1.27. The van der Waals surface area contributed by atoms with Crippen LogP contribution in [0.1, 0.15) is 5.56 Å². The van der Waals surface area contributed by atoms with Crippen LogP contribution < -0.4 is 0 Å². The Kier molecular flexibility index (Phi) is 4.83. The molecular weight excluding hydrogens is 268 g/mol. The van der Waals surface area contributed by atoms with Gasteiger partial charge in [0.1, 0.15) is 29.9 Å². The van der Waals surface area contributed by atoms with Crippen LogP contribution in [-0.4, -0.2) is 56.9 Å². The van der Waals surface area contributed by atoms with E-state index in [4.69, 9.17) is 9.84 Å². The van der Waals surface area contributed by atoms with E-state index in [1.54, 1.807) is 0 Å². The Hall–Kier alpha value is -0.630. The third kappa shape index (κ3) is 3.10. The van der Waals surface area contributed by atoms with Gasteiger partial charge in [-0.1, -0.05) is 30.0 Å². The molecule has 1 heterocycles. The van der Waals surface area contributed by atoms with Crippen molar-refractivity contribution >= 4 is 11.8 Å². The molecule has 19 heavy (non-hydrogen) atoms. The van der Waals surface area contributed by atoms with Crippen molar-refractivity contribution in [2.24, 2.45) is 0 Å². The molecule has 1 aliphatic heterocycles. The van der Waals surface area contributed by atoms with Crippen molar-refractivity contribution in [1.82, 2.24) is 0 Å². The Balaban J connectivity index is 2.13. The molecule has 1 aliphatic rings. The summed E-state index contributed by atoms with van der Waals surface area (Å²) in [5.41, 5.74) is 0.307. The molecule has 106 valence electrons. The minimum absolute atomic E-state index is 0.407. The van der Waals surface area contributed by atoms with E-state index in [1.807, 2.05) is 31.2 Å². The zero-order chi connectivity index (χ0) is 14.0. The lowest BCUT2D eigenvalue weighted by atomic mass is 10.0. The second kappa shape index (κ2) is 6.21. The maximum absolute atomic E-state index is 9.94. The molecule has 5 unspecified atom stereocenters. The first-order valence-electron chi connectivity index (χ1n) is 6.07. The highest BCUT2D eigenvalue weighted by Crippen LogP contribution is 2.34. The number of aliphatic hydroxyl groups excluding tert-OH is 4. The smallest absolute Gasteiger partial charge is 0.136 e. The Labute approximate surface area is 115 Å². The highest BCUT2D eigenvalue weighted by Gasteiger charge is 2.43. The molecule has 0 aliphatic carbocycles. The standard InChI is InChI=1S/C13H18O5S/c1-7-4-2-3-5-9(7)19-13-12(17)11(16)10(15)8(6-14)18-13/h2-5,8,10-17H,6H2,1H3. The molecule has 2 rings (SSSR count). The van der Waals surface area contributed by atoms with Gasteiger partial charge < -0.3 is 25.2 Å². The maximum Gasteiger partial charge on any atom is 0.136 e. The van der Waals surface area contributed by atoms with E-state index in [0.717, 1.165) is 10.5 Å². The molecule has 0 amide bonds. The predicted octanol–water partition coefficient (Wildman–Crippen LogP) is -0.113. The molecule has 5 atom stereocenters. The number of ether oxygens (including phenoxy) is 1. The molecule has 1 aromatic rings. The summed E-state index contributed by atoms with van der Waals surface area (Å²) in [5.74, 6) is 0. The lowest BCUT2D eigenvalue weighted by Gasteiger charge is -2.39. The molecule has 0 bridgehead atoms. The normalized spacial score (nSPS) is 35.3. The summed E-state index contributed by atoms with van der Waals surface area (Å²) < 4.78 is 5.44. The monoisotopic (exact) mass is 286 g/mol. The third-order valence-electron chi connectivity index (χ3n) is 3.19. The van der Waals surface area contributed by atoms with Gasteiger partial charge in [-0.05, 0) is 18.6 Å². The minimum atomic E-state index is -1.33. The summed E-state index contributed by atoms with van der Waals surface area (Å²) in [6, 6.07) is 7.61. The molecule has 0 spiro atoms. The zero-order valence-corrected chi connectivity index (χ0v) is 11.3. The average molecular weight is 286 g/mol. The average Bonchev–Trinajstić information content (AvgIpc) is 2.41. The lowest BCUT2D eigenvalue weighted by Crippen LogP contribution is -2.57. The number of benzene rings is 1. The van der Waals surface area contributed by atoms with Gasteiger partial charge in [0.15, 0.2) is 0 Å². The van der Waals surface area contributed by atoms with Gasteiger partial charge in [0.25, 0.3) is 0 Å². The summed E-state index contributed by atoms with van der Waals surface area (Å²) in [4.78, 5) is 0.923. The van der Waals surface area contributed by atoms with Crippen molar-refractivity contribution in [3.8, 4) is 0 Å². The fourth-order valence-electron chi connectivity index (χ4n) is 1.98. The topological polar surface area (TPSA) is 90.2 Å². The Morgan fingerprint density at radius 1 is 1.11 bits per heavy atom. The van der Waals surface area contributed by atoms with Crippen LogP contribution in [0.15, 0.2) is 29.2 Å². The SMILES string of the molecule is Cc1ccccc1SC1OC(CO)C(O)C(O)C1O. The molecule has 0 radical (unpaired) electrons. The Morgan fingerprint density at radius 2 is 1.79 bits per heavy atom. The van der Waals surface area contributed by atoms with Crippen molar-refractivity contribution in [1.29, 1.82) is 0 Å². The highest BCUT2D eigenvalue weighted by molar-refractivity contribution is 7.99. The zero-order valence-electron chi connectivity index (χ0n) is 10.5. The summed E-state index contributed by atoms with van der Waals surface area (Å²) in [6.07, 6.45) is -4.71. The van der Waals surface area contributed by atoms with Gasteiger partial charge in [0, 0.05) is 4.90 Å². The van der Waals surface area contributed by atoms with Crippen LogP contribution in [0, 0.1) is 6.92 Å². The molecule has 1 aromatic carbocycles. The van der Waals surface area contributed by atoms with Gasteiger partial charge >= 0.3 is 0 Å². The largest absolute Gasteiger partial charge is 0.394 e. The summed E-state index contributed by atoms with van der Waals surface area (Å²) in [6.45, 7) is 1.53. The van der Waals surface area contributed by atoms with Crippen LogP contribution in [0.4, 0.5) is 0 Å². The molecule has 6 heteroatoms. The van der Waals surface area contributed by atoms with E-state index < -0.39 is 36.5 Å². The van der Waals surface area contributed by atoms with Gasteiger partial charge in [0.05, 0.1) is 6.61 Å². The van der Waals surface area contributed by atoms with Crippen LogP contribution in [0.5, 0.6) is 0 Å². The quantitative estimate of drug-likeness (QED) is 0.620. The van der Waals surface area contributed by atoms with Crippen molar-refractivity contribution in [2.45, 2.75) is 41.7 Å². The number of aryl methyl sites for hydroxylation is 1. The van der Waals surface area contributed by atoms with E-state index >= 15 is 0 Å². The summed E-state index contributed by atoms with van der Waals surface area (Å²) in [5, 5.41) is 38.5. The lowest BCUT2D eigenvalue weighted by molar-refractivity contribution is -0.205. The van der Waals surface area contributed by atoms with Gasteiger partial charge in [-0.2, -0.15) is 0 Å². The van der Waals surface area contributed by atoms with Crippen LogP contribution in [0.3, 0.4) is 0 Å². The molecule has 4 N–H and O–H groups in total. The number of rotatable bonds is 3. The van der Waals surface area contributed by atoms with Crippen molar-refractivity contribution in [3.05, 3.63) is 29.8 Å². The first-order valence-corrected chi connectivity index (χ1v) is 6.95. The van der Waals surface area contributed by atoms with E-state index in [2.05, 4.69) is 0 Å². The van der Waals surface area contributed by atoms with Gasteiger partial charge in [-0.3, -0.25) is 0 Å². The molecule has 0 aromatic heterocycles. The first-order chi connectivity index (χ1) is 9.04. The Morgan fingerprint density at radius 3 is 2.42 bits per heavy atom. The van der Waals surface area contributed by atoms with Crippen LogP contribution in [0.2, 0.25) is 0 Å². The van der Waals surface area contributed by atoms with E-state index in [9.17, 15) is 15.3 Å². The second-order valence-corrected chi connectivity index (χ2v) is 5.72. The number of hydrogen-bond acceptors (Lipinski definition) is 6. The predicted molar refractivity (Wildman–Crippen MR) is 70.8 cm³/mol. The molecule has 0 saturated carbocycles. The van der Waals surface area contributed by atoms with Crippen molar-refractivity contribution in [2.75, 3.05) is 6.61 Å². The van der Waals surface area contributed by atoms with Crippen molar-refractivity contribution < 1.29 is 25.2 Å². The van der Waals surface area contributed by atoms with E-state index in [-0.39, 0.29) is 0 Å². The molecule has 1 fully saturated rings. The number of aliphatic hydroxyl groups is 4. The van der Waals surface area contributed by atoms with E-state index in [1.165, 1.54) is 11.8 Å². The highest BCUT2D eigenvalue weighted by atomic mass is 32.2. The third-order valence-corrected chi connectivity index (χ3v) is 4.52. The molecule has 5 nitrogen and oxygen atoms in total. The van der Waals surface area contributed by atoms with Crippen LogP contribution in [0.25, 0.3) is 0 Å². The maximum atomic E-state index is 9.94. The summed E-state index contributed by atoms with van der Waals surface area (Å²) in [7, 11) is 0. The molecule has 1 saturated heterocycles. The van der Waals surface area contributed by atoms with Gasteiger partial charge in [0.2, 0.25) is 0 Å². The van der Waals surface area contributed by atoms with Crippen molar-refractivity contribution in [3.63, 3.8) is 0 Å². The Bertz CT molecular complexity index is 425. The molecular formula is C13H18O5S. The minimum Gasteiger partial charge on any atom is -0.394 e. The van der Waals surface area contributed by atoms with E-state index in [0.29, 0.717) is 0 Å². The van der Waals surface area contributed by atoms with Crippen LogP contribution in [-0.2, 0) is 4.74 Å². The second-order valence-electron chi connectivity index (χ2n) is 4.58.